The lowest BCUT2D eigenvalue weighted by Gasteiger charge is -2.49. The summed E-state index contributed by atoms with van der Waals surface area (Å²) in [7, 11) is 0. The van der Waals surface area contributed by atoms with Crippen molar-refractivity contribution in [1.29, 1.82) is 0 Å². The number of halogens is 12. The van der Waals surface area contributed by atoms with Gasteiger partial charge in [0.1, 0.15) is 35.4 Å². The first-order valence-electron chi connectivity index (χ1n) is 25.6. The van der Waals surface area contributed by atoms with Gasteiger partial charge in [-0.2, -0.15) is 57.8 Å². The molecule has 1 unspecified atom stereocenters. The van der Waals surface area contributed by atoms with Crippen molar-refractivity contribution in [3.05, 3.63) is 90.3 Å². The number of hydrogen-bond donors (Lipinski definition) is 6. The minimum atomic E-state index is -5.08. The third-order valence-corrected chi connectivity index (χ3v) is 13.8. The number of carbonyl (C=O) groups excluding carboxylic acids is 4. The number of aromatic nitrogens is 4. The molecule has 5 aliphatic rings. The summed E-state index contributed by atoms with van der Waals surface area (Å²) in [6, 6.07) is 22.8. The number of nitrogen functional groups attached to an aromatic ring is 1. The fraction of sp³-hybridized carbons (Fsp3) is 0.404. The maximum atomic E-state index is 13.4. The van der Waals surface area contributed by atoms with E-state index in [0.717, 1.165) is 116 Å². The molecular weight excluding hydrogens is 1200 g/mol. The van der Waals surface area contributed by atoms with Gasteiger partial charge < -0.3 is 40.7 Å². The Morgan fingerprint density at radius 3 is 1.62 bits per heavy atom. The van der Waals surface area contributed by atoms with E-state index in [1.54, 1.807) is 12.1 Å². The molecule has 87 heavy (non-hydrogen) atoms. The van der Waals surface area contributed by atoms with Gasteiger partial charge in [-0.05, 0) is 92.6 Å². The molecule has 0 bridgehead atoms. The molecule has 7 N–H and O–H groups in total. The lowest BCUT2D eigenvalue weighted by atomic mass is 9.92. The number of para-hydroxylation sites is 1. The Labute approximate surface area is 481 Å². The minimum absolute atomic E-state index is 0.101. The molecule has 5 aliphatic heterocycles. The number of rotatable bonds is 9. The maximum absolute atomic E-state index is 13.4. The lowest BCUT2D eigenvalue weighted by Crippen LogP contribution is -2.58. The zero-order chi connectivity index (χ0) is 64.5. The van der Waals surface area contributed by atoms with Crippen molar-refractivity contribution >= 4 is 70.0 Å². The number of piperidine rings is 3. The van der Waals surface area contributed by atoms with Crippen LogP contribution in [-0.4, -0.2) is 185 Å². The number of alkyl halides is 12. The van der Waals surface area contributed by atoms with Gasteiger partial charge in [0.05, 0.1) is 22.6 Å². The largest absolute Gasteiger partial charge is 0.490 e. The van der Waals surface area contributed by atoms with Crippen molar-refractivity contribution in [3.8, 4) is 22.8 Å². The van der Waals surface area contributed by atoms with E-state index in [-0.39, 0.29) is 24.8 Å². The number of carboxylic acids is 4. The average Bonchev–Trinajstić information content (AvgIpc) is 1.67. The number of hydrogen-bond acceptors (Lipinski definition) is 16. The highest BCUT2D eigenvalue weighted by Crippen LogP contribution is 2.37. The van der Waals surface area contributed by atoms with Crippen LogP contribution in [0.2, 0.25) is 0 Å². The predicted molar refractivity (Wildman–Crippen MR) is 275 cm³/mol. The van der Waals surface area contributed by atoms with Gasteiger partial charge in [0, 0.05) is 69.5 Å². The Bertz CT molecular complexity index is 3230. The number of nitrogens with one attached hydrogen (secondary N) is 1. The Kier molecular flexibility index (Phi) is 21.2. The Morgan fingerprint density at radius 1 is 0.621 bits per heavy atom. The molecule has 3 aromatic carbocycles. The molecule has 4 amide bonds. The highest BCUT2D eigenvalue weighted by Gasteiger charge is 2.46. The van der Waals surface area contributed by atoms with Gasteiger partial charge in [0.2, 0.25) is 11.8 Å². The molecule has 4 saturated heterocycles. The van der Waals surface area contributed by atoms with Crippen LogP contribution in [0.5, 0.6) is 11.5 Å². The molecule has 10 rings (SSSR count). The number of carbonyl (C=O) groups is 8. The maximum Gasteiger partial charge on any atom is 0.490 e. The van der Waals surface area contributed by atoms with Crippen molar-refractivity contribution < 1.29 is 116 Å². The predicted octanol–water partition coefficient (Wildman–Crippen LogP) is 7.04. The minimum Gasteiger partial charge on any atom is -0.475 e. The van der Waals surface area contributed by atoms with Crippen LogP contribution in [0, 0.1) is 5.92 Å². The van der Waals surface area contributed by atoms with Crippen LogP contribution in [-0.2, 0) is 28.8 Å². The van der Waals surface area contributed by atoms with E-state index in [9.17, 15) is 71.9 Å². The molecule has 7 heterocycles. The molecule has 1 atom stereocenters. The number of nitrogens with two attached hydrogens (primary N) is 1. The van der Waals surface area contributed by atoms with Crippen LogP contribution >= 0.6 is 0 Å². The molecule has 5 aromatic rings. The highest BCUT2D eigenvalue weighted by molar-refractivity contribution is 6.23. The summed E-state index contributed by atoms with van der Waals surface area (Å²) in [4.78, 5) is 104. The van der Waals surface area contributed by atoms with Gasteiger partial charge in [-0.3, -0.25) is 34.3 Å². The Balaban J connectivity index is 0.000000359. The fourth-order valence-corrected chi connectivity index (χ4v) is 9.64. The zero-order valence-electron chi connectivity index (χ0n) is 44.7. The summed E-state index contributed by atoms with van der Waals surface area (Å²) < 4.78 is 135. The summed E-state index contributed by atoms with van der Waals surface area (Å²) in [5, 5.41) is 36.7. The van der Waals surface area contributed by atoms with Crippen molar-refractivity contribution in [3.63, 3.8) is 0 Å². The summed E-state index contributed by atoms with van der Waals surface area (Å²) in [5.74, 6) is -10.3. The molecule has 0 spiro atoms. The number of nitrogens with zero attached hydrogens (tertiary/aromatic N) is 8. The van der Waals surface area contributed by atoms with Crippen molar-refractivity contribution in [1.82, 2.24) is 39.8 Å². The number of likely N-dealkylation sites (tertiary alicyclic amines) is 2. The monoisotopic (exact) mass is 1250 g/mol. The quantitative estimate of drug-likeness (QED) is 0.0636. The molecule has 4 fully saturated rings. The number of benzene rings is 3. The van der Waals surface area contributed by atoms with E-state index in [1.807, 2.05) is 60.7 Å². The molecule has 35 heteroatoms. The smallest absolute Gasteiger partial charge is 0.475 e. The van der Waals surface area contributed by atoms with Crippen LogP contribution in [0.15, 0.2) is 79.1 Å². The highest BCUT2D eigenvalue weighted by atomic mass is 19.4. The van der Waals surface area contributed by atoms with Crippen LogP contribution < -0.4 is 20.7 Å². The second kappa shape index (κ2) is 27.5. The van der Waals surface area contributed by atoms with Crippen LogP contribution in [0.4, 0.5) is 64.2 Å². The van der Waals surface area contributed by atoms with Crippen molar-refractivity contribution in [2.75, 3.05) is 56.4 Å². The van der Waals surface area contributed by atoms with Crippen molar-refractivity contribution in [2.45, 2.75) is 81.4 Å². The average molecular weight is 1250 g/mol. The normalized spacial score (nSPS) is 18.0. The first kappa shape index (κ1) is 67.0. The number of amides is 4. The number of carboxylic acid groups (broad SMARTS) is 4. The number of imide groups is 2. The van der Waals surface area contributed by atoms with Gasteiger partial charge in [0.25, 0.3) is 11.8 Å². The van der Waals surface area contributed by atoms with Crippen molar-refractivity contribution in [2.24, 2.45) is 5.92 Å². The summed E-state index contributed by atoms with van der Waals surface area (Å²) >= 11 is 0. The molecule has 0 radical (unpaired) electrons. The summed E-state index contributed by atoms with van der Waals surface area (Å²) in [6.07, 6.45) is -14.5. The lowest BCUT2D eigenvalue weighted by molar-refractivity contribution is -0.193. The molecule has 2 aromatic heterocycles. The third-order valence-electron chi connectivity index (χ3n) is 13.8. The van der Waals surface area contributed by atoms with Gasteiger partial charge in [-0.25, -0.2) is 33.8 Å². The van der Waals surface area contributed by atoms with E-state index in [0.29, 0.717) is 28.9 Å². The van der Waals surface area contributed by atoms with Gasteiger partial charge in [-0.15, -0.1) is 0 Å². The zero-order valence-corrected chi connectivity index (χ0v) is 44.7. The van der Waals surface area contributed by atoms with E-state index in [2.05, 4.69) is 34.7 Å². The first-order valence-corrected chi connectivity index (χ1v) is 25.6. The number of anilines is 2. The van der Waals surface area contributed by atoms with E-state index in [4.69, 9.17) is 55.2 Å². The van der Waals surface area contributed by atoms with Crippen LogP contribution in [0.1, 0.15) is 65.3 Å². The van der Waals surface area contributed by atoms with Gasteiger partial charge in [0.15, 0.2) is 5.65 Å². The second-order valence-corrected chi connectivity index (χ2v) is 19.6. The molecule has 0 saturated carbocycles. The SMILES string of the molecule is Nc1ncnc2c1c(-c1ccc(Oc3ccccc3)cc1)nn2C1CCN(CC2CN(C3CCN(c4ccc5c(c4)C(=O)N(C4CCC(=O)NC4=O)C5=O)CC3)C2)CC1.O=C(O)C(F)(F)F.O=C(O)C(F)(F)F.O=C(O)C(F)(F)F.O=C(O)C(F)(F)F. The molecule has 23 nitrogen and oxygen atoms in total. The van der Waals surface area contributed by atoms with E-state index >= 15 is 0 Å². The second-order valence-electron chi connectivity index (χ2n) is 19.6. The van der Waals surface area contributed by atoms with E-state index in [1.165, 1.54) is 6.33 Å². The van der Waals surface area contributed by atoms with Gasteiger partial charge >= 0.3 is 48.6 Å². The molecule has 470 valence electrons. The van der Waals surface area contributed by atoms with E-state index < -0.39 is 72.3 Å². The van der Waals surface area contributed by atoms with Gasteiger partial charge in [-0.1, -0.05) is 18.2 Å². The topological polar surface area (TPSA) is 321 Å². The molecule has 0 aliphatic carbocycles. The number of fused-ring (bicyclic) bond motifs is 2. The Hall–Kier alpha value is -9.15. The fourth-order valence-electron chi connectivity index (χ4n) is 9.64. The Morgan fingerprint density at radius 2 is 1.11 bits per heavy atom. The summed E-state index contributed by atoms with van der Waals surface area (Å²) in [6.45, 7) is 7.04. The number of aliphatic carboxylic acids is 4. The molecular formula is C52H50F12N10O13. The standard InChI is InChI=1S/C44H46N10O5.4C2HF3O2/c45-40-38-39(28-6-9-33(10-7-28)59-32-4-2-1-3-5-32)49-54(41(38)47-26-46-40)30-14-18-50(19-15-30)23-27-24-52(25-27)29-16-20-51(21-17-29)31-8-11-34-35(22-31)44(58)53(43(34)57)36-12-13-37(55)48-42(36)56;4*3-2(4,5)1(6)7/h1-11,22,26-27,29-30,36H,12-21,23-25H2,(H2,45,46,47)(H,48,55,56);4*(H,6,7). The summed E-state index contributed by atoms with van der Waals surface area (Å²) in [5.41, 5.74) is 10.5. The number of ether oxygens (including phenoxy) is 1. The first-order chi connectivity index (χ1) is 40.5. The third kappa shape index (κ3) is 17.5. The van der Waals surface area contributed by atoms with Crippen LogP contribution in [0.3, 0.4) is 0 Å². The van der Waals surface area contributed by atoms with Crippen LogP contribution in [0.25, 0.3) is 22.3 Å².